The number of amides is 1. The van der Waals surface area contributed by atoms with Gasteiger partial charge in [0.25, 0.3) is 5.91 Å². The van der Waals surface area contributed by atoms with E-state index in [0.29, 0.717) is 24.6 Å². The molecule has 0 spiro atoms. The minimum atomic E-state index is -0.115. The van der Waals surface area contributed by atoms with Gasteiger partial charge in [-0.05, 0) is 0 Å². The smallest absolute Gasteiger partial charge is 0.263 e. The molecule has 2 aromatic rings. The second-order valence-corrected chi connectivity index (χ2v) is 6.04. The van der Waals surface area contributed by atoms with Crippen molar-refractivity contribution in [2.45, 2.75) is 6.04 Å². The highest BCUT2D eigenvalue weighted by atomic mass is 32.1. The van der Waals surface area contributed by atoms with Gasteiger partial charge in [0.05, 0.1) is 23.7 Å². The minimum Gasteiger partial charge on any atom is -0.488 e. The molecule has 21 heavy (non-hydrogen) atoms. The summed E-state index contributed by atoms with van der Waals surface area (Å²) in [5.41, 5.74) is 1.70. The summed E-state index contributed by atoms with van der Waals surface area (Å²) in [5.74, 6) is 0.633. The summed E-state index contributed by atoms with van der Waals surface area (Å²) in [6, 6.07) is -0.115. The van der Waals surface area contributed by atoms with Crippen molar-refractivity contribution in [3.8, 4) is 16.2 Å². The molecule has 1 amide bonds. The molecule has 0 fully saturated rings. The maximum atomic E-state index is 12.3. The topological polar surface area (TPSA) is 90.5 Å². The monoisotopic (exact) mass is 306 g/mol. The van der Waals surface area contributed by atoms with Crippen molar-refractivity contribution >= 4 is 22.9 Å². The summed E-state index contributed by atoms with van der Waals surface area (Å²) >= 11 is 1.40. The van der Waals surface area contributed by atoms with E-state index in [1.807, 2.05) is 0 Å². The fraction of sp³-hybridized carbons (Fsp3) is 0.385. The van der Waals surface area contributed by atoms with E-state index in [0.717, 1.165) is 21.9 Å². The number of carbonyl (C=O) groups is 1. The van der Waals surface area contributed by atoms with E-state index in [4.69, 9.17) is 4.74 Å². The maximum absolute atomic E-state index is 12.3. The lowest BCUT2D eigenvalue weighted by Crippen LogP contribution is -2.46. The Bertz CT molecular complexity index is 682. The van der Waals surface area contributed by atoms with Crippen molar-refractivity contribution in [3.63, 3.8) is 0 Å². The molecule has 8 heteroatoms. The van der Waals surface area contributed by atoms with Crippen LogP contribution in [0.3, 0.4) is 0 Å². The van der Waals surface area contributed by atoms with Crippen molar-refractivity contribution in [2.75, 3.05) is 31.2 Å². The van der Waals surface area contributed by atoms with Crippen LogP contribution < -0.4 is 15.0 Å². The van der Waals surface area contributed by atoms with Crippen molar-refractivity contribution in [2.24, 2.45) is 0 Å². The number of hydrogen-bond donors (Lipinski definition) is 3. The SMILES string of the molecule is O=C1NCCN2c3c1sc(-c1cn[nH]c1)c3OCC2CO. The summed E-state index contributed by atoms with van der Waals surface area (Å²) < 4.78 is 5.86. The Morgan fingerprint density at radius 1 is 1.52 bits per heavy atom. The minimum absolute atomic E-state index is 0.00393. The molecule has 7 nitrogen and oxygen atoms in total. The van der Waals surface area contributed by atoms with Gasteiger partial charge < -0.3 is 20.1 Å². The summed E-state index contributed by atoms with van der Waals surface area (Å²) in [4.78, 5) is 15.9. The van der Waals surface area contributed by atoms with Crippen LogP contribution in [0.2, 0.25) is 0 Å². The number of aromatic amines is 1. The van der Waals surface area contributed by atoms with E-state index in [1.54, 1.807) is 12.4 Å². The molecule has 4 rings (SSSR count). The van der Waals surface area contributed by atoms with Crippen LogP contribution in [-0.4, -0.2) is 53.6 Å². The molecule has 4 heterocycles. The highest BCUT2D eigenvalue weighted by molar-refractivity contribution is 7.18. The van der Waals surface area contributed by atoms with Gasteiger partial charge in [-0.1, -0.05) is 0 Å². The zero-order valence-corrected chi connectivity index (χ0v) is 11.9. The van der Waals surface area contributed by atoms with Gasteiger partial charge in [0.15, 0.2) is 5.75 Å². The Kier molecular flexibility index (Phi) is 2.86. The van der Waals surface area contributed by atoms with Crippen LogP contribution in [0.15, 0.2) is 12.4 Å². The molecule has 0 saturated carbocycles. The van der Waals surface area contributed by atoms with Crippen LogP contribution in [0, 0.1) is 0 Å². The van der Waals surface area contributed by atoms with E-state index >= 15 is 0 Å². The number of H-pyrrole nitrogens is 1. The molecular weight excluding hydrogens is 292 g/mol. The van der Waals surface area contributed by atoms with Gasteiger partial charge in [-0.25, -0.2) is 0 Å². The molecule has 0 bridgehead atoms. The Hall–Kier alpha value is -2.06. The quantitative estimate of drug-likeness (QED) is 0.749. The van der Waals surface area contributed by atoms with E-state index in [9.17, 15) is 9.90 Å². The standard InChI is InChI=1S/C13H14N4O3S/c18-5-8-6-20-10-9-12(13(19)14-1-2-17(8)9)21-11(10)7-3-15-16-4-7/h3-4,8,18H,1-2,5-6H2,(H,14,19)(H,15,16). The summed E-state index contributed by atoms with van der Waals surface area (Å²) in [6.07, 6.45) is 3.50. The number of carbonyl (C=O) groups excluding carboxylic acids is 1. The zero-order chi connectivity index (χ0) is 14.4. The molecule has 1 unspecified atom stereocenters. The second kappa shape index (κ2) is 4.74. The number of aliphatic hydroxyl groups excluding tert-OH is 1. The predicted octanol–water partition coefficient (Wildman–Crippen LogP) is 0.441. The summed E-state index contributed by atoms with van der Waals surface area (Å²) in [5, 5.41) is 19.2. The van der Waals surface area contributed by atoms with Gasteiger partial charge in [-0.15, -0.1) is 11.3 Å². The Balaban J connectivity index is 1.92. The van der Waals surface area contributed by atoms with Gasteiger partial charge in [0.1, 0.15) is 17.2 Å². The first-order chi connectivity index (χ1) is 10.3. The lowest BCUT2D eigenvalue weighted by molar-refractivity contribution is 0.0961. The first kappa shape index (κ1) is 12.7. The number of aromatic nitrogens is 2. The van der Waals surface area contributed by atoms with Crippen LogP contribution in [0.4, 0.5) is 5.69 Å². The molecule has 0 aromatic carbocycles. The summed E-state index contributed by atoms with van der Waals surface area (Å²) in [7, 11) is 0. The lowest BCUT2D eigenvalue weighted by atomic mass is 10.1. The fourth-order valence-corrected chi connectivity index (χ4v) is 3.94. The van der Waals surface area contributed by atoms with Crippen molar-refractivity contribution < 1.29 is 14.6 Å². The molecule has 0 radical (unpaired) electrons. The number of anilines is 1. The molecule has 0 saturated heterocycles. The molecule has 3 N–H and O–H groups in total. The normalized spacial score (nSPS) is 20.5. The van der Waals surface area contributed by atoms with Crippen molar-refractivity contribution in [1.82, 2.24) is 15.5 Å². The second-order valence-electron chi connectivity index (χ2n) is 5.02. The van der Waals surface area contributed by atoms with Crippen LogP contribution in [0.25, 0.3) is 10.4 Å². The first-order valence-corrected chi connectivity index (χ1v) is 7.55. The molecule has 110 valence electrons. The number of hydrogen-bond acceptors (Lipinski definition) is 6. The lowest BCUT2D eigenvalue weighted by Gasteiger charge is -2.36. The molecular formula is C13H14N4O3S. The first-order valence-electron chi connectivity index (χ1n) is 6.74. The Morgan fingerprint density at radius 2 is 2.43 bits per heavy atom. The summed E-state index contributed by atoms with van der Waals surface area (Å²) in [6.45, 7) is 1.65. The van der Waals surface area contributed by atoms with E-state index in [-0.39, 0.29) is 18.6 Å². The molecule has 0 aliphatic carbocycles. The number of ether oxygens (including phenoxy) is 1. The Labute approximate surface area is 124 Å². The van der Waals surface area contributed by atoms with Crippen LogP contribution in [0.5, 0.6) is 5.75 Å². The van der Waals surface area contributed by atoms with Gasteiger partial charge in [-0.2, -0.15) is 5.10 Å². The van der Waals surface area contributed by atoms with Crippen LogP contribution in [0.1, 0.15) is 9.67 Å². The highest BCUT2D eigenvalue weighted by Crippen LogP contribution is 2.50. The average molecular weight is 306 g/mol. The van der Waals surface area contributed by atoms with E-state index in [1.165, 1.54) is 11.3 Å². The predicted molar refractivity (Wildman–Crippen MR) is 77.9 cm³/mol. The number of thiophene rings is 1. The molecule has 2 aromatic heterocycles. The third-order valence-corrected chi connectivity index (χ3v) is 5.01. The Morgan fingerprint density at radius 3 is 3.19 bits per heavy atom. The van der Waals surface area contributed by atoms with Crippen molar-refractivity contribution in [1.29, 1.82) is 0 Å². The molecule has 2 aliphatic rings. The van der Waals surface area contributed by atoms with Gasteiger partial charge in [0, 0.05) is 24.8 Å². The average Bonchev–Trinajstić information content (AvgIpc) is 3.10. The van der Waals surface area contributed by atoms with E-state index in [2.05, 4.69) is 20.4 Å². The van der Waals surface area contributed by atoms with Gasteiger partial charge in [-0.3, -0.25) is 9.89 Å². The fourth-order valence-electron chi connectivity index (χ4n) is 2.79. The zero-order valence-electron chi connectivity index (χ0n) is 11.1. The van der Waals surface area contributed by atoms with Crippen molar-refractivity contribution in [3.05, 3.63) is 17.3 Å². The molecule has 1 atom stereocenters. The van der Waals surface area contributed by atoms with E-state index < -0.39 is 0 Å². The highest BCUT2D eigenvalue weighted by Gasteiger charge is 2.37. The molecule has 2 aliphatic heterocycles. The van der Waals surface area contributed by atoms with Gasteiger partial charge >= 0.3 is 0 Å². The number of nitrogens with zero attached hydrogens (tertiary/aromatic N) is 2. The number of nitrogens with one attached hydrogen (secondary N) is 2. The third-order valence-electron chi connectivity index (χ3n) is 3.80. The van der Waals surface area contributed by atoms with Gasteiger partial charge in [0.2, 0.25) is 0 Å². The van der Waals surface area contributed by atoms with Crippen LogP contribution >= 0.6 is 11.3 Å². The maximum Gasteiger partial charge on any atom is 0.263 e. The van der Waals surface area contributed by atoms with Crippen LogP contribution in [-0.2, 0) is 0 Å². The largest absolute Gasteiger partial charge is 0.488 e. The third kappa shape index (κ3) is 1.83. The number of aliphatic hydroxyl groups is 1. The number of rotatable bonds is 2.